The van der Waals surface area contributed by atoms with Gasteiger partial charge in [-0.25, -0.2) is 0 Å². The number of hydrogen-bond donors (Lipinski definition) is 1. The lowest BCUT2D eigenvalue weighted by Gasteiger charge is -2.16. The van der Waals surface area contributed by atoms with Crippen molar-refractivity contribution in [2.45, 2.75) is 19.8 Å². The Hall–Kier alpha value is -1.51. The fourth-order valence-corrected chi connectivity index (χ4v) is 2.31. The van der Waals surface area contributed by atoms with Crippen LogP contribution in [-0.4, -0.2) is 30.9 Å². The van der Waals surface area contributed by atoms with Crippen LogP contribution in [-0.2, 0) is 0 Å². The average molecular weight is 232 g/mol. The molecule has 1 atom stereocenters. The van der Waals surface area contributed by atoms with E-state index in [9.17, 15) is 4.79 Å². The molecule has 1 aromatic rings. The average Bonchev–Trinajstić information content (AvgIpc) is 2.87. The van der Waals surface area contributed by atoms with Crippen LogP contribution >= 0.6 is 0 Å². The number of anilines is 1. The minimum absolute atomic E-state index is 0.170. The van der Waals surface area contributed by atoms with E-state index in [1.54, 1.807) is 0 Å². The number of amides is 1. The van der Waals surface area contributed by atoms with Crippen LogP contribution in [0.15, 0.2) is 24.3 Å². The molecule has 3 nitrogen and oxygen atoms in total. The lowest BCUT2D eigenvalue weighted by molar-refractivity contribution is 0.0787. The molecule has 1 fully saturated rings. The van der Waals surface area contributed by atoms with Crippen LogP contribution in [0.1, 0.15) is 30.1 Å². The first kappa shape index (κ1) is 12.0. The molecule has 1 aliphatic heterocycles. The Labute approximate surface area is 103 Å². The molecule has 0 saturated carbocycles. The third kappa shape index (κ3) is 2.60. The zero-order valence-electron chi connectivity index (χ0n) is 10.6. The molecular formula is C14H20N2O. The van der Waals surface area contributed by atoms with Gasteiger partial charge in [-0.2, -0.15) is 0 Å². The Morgan fingerprint density at radius 1 is 1.41 bits per heavy atom. The normalized spacial score (nSPS) is 19.4. The third-order valence-electron chi connectivity index (χ3n) is 3.57. The van der Waals surface area contributed by atoms with Crippen molar-refractivity contribution in [3.63, 3.8) is 0 Å². The van der Waals surface area contributed by atoms with Gasteiger partial charge < -0.3 is 10.2 Å². The Morgan fingerprint density at radius 3 is 2.65 bits per heavy atom. The van der Waals surface area contributed by atoms with Gasteiger partial charge in [0, 0.05) is 31.4 Å². The van der Waals surface area contributed by atoms with Crippen LogP contribution < -0.4 is 5.32 Å². The maximum absolute atomic E-state index is 12.2. The molecule has 0 radical (unpaired) electrons. The van der Waals surface area contributed by atoms with Gasteiger partial charge in [0.25, 0.3) is 5.91 Å². The van der Waals surface area contributed by atoms with Gasteiger partial charge in [-0.3, -0.25) is 4.79 Å². The SMILES string of the molecule is CCC1CCN(C(=O)c2ccc(NC)cc2)C1. The van der Waals surface area contributed by atoms with Crippen molar-refractivity contribution in [2.24, 2.45) is 5.92 Å². The van der Waals surface area contributed by atoms with Crippen molar-refractivity contribution >= 4 is 11.6 Å². The Kier molecular flexibility index (Phi) is 3.67. The molecular weight excluding hydrogens is 212 g/mol. The van der Waals surface area contributed by atoms with Gasteiger partial charge in [0.2, 0.25) is 0 Å². The molecule has 0 aromatic heterocycles. The molecule has 1 saturated heterocycles. The predicted molar refractivity (Wildman–Crippen MR) is 70.3 cm³/mol. The van der Waals surface area contributed by atoms with E-state index < -0.39 is 0 Å². The highest BCUT2D eigenvalue weighted by Gasteiger charge is 2.25. The summed E-state index contributed by atoms with van der Waals surface area (Å²) in [6.07, 6.45) is 2.32. The molecule has 0 aliphatic carbocycles. The van der Waals surface area contributed by atoms with E-state index in [4.69, 9.17) is 0 Å². The molecule has 1 unspecified atom stereocenters. The molecule has 3 heteroatoms. The molecule has 17 heavy (non-hydrogen) atoms. The second-order valence-electron chi connectivity index (χ2n) is 4.64. The van der Waals surface area contributed by atoms with Gasteiger partial charge in [-0.05, 0) is 36.6 Å². The highest BCUT2D eigenvalue weighted by Crippen LogP contribution is 2.21. The van der Waals surface area contributed by atoms with Crippen molar-refractivity contribution < 1.29 is 4.79 Å². The summed E-state index contributed by atoms with van der Waals surface area (Å²) in [6, 6.07) is 7.68. The van der Waals surface area contributed by atoms with Gasteiger partial charge in [0.1, 0.15) is 0 Å². The third-order valence-corrected chi connectivity index (χ3v) is 3.57. The molecule has 1 N–H and O–H groups in total. The van der Waals surface area contributed by atoms with Crippen LogP contribution in [0.5, 0.6) is 0 Å². The smallest absolute Gasteiger partial charge is 0.253 e. The largest absolute Gasteiger partial charge is 0.388 e. The van der Waals surface area contributed by atoms with Crippen LogP contribution in [0.4, 0.5) is 5.69 Å². The van der Waals surface area contributed by atoms with Crippen LogP contribution in [0, 0.1) is 5.92 Å². The molecule has 1 aromatic carbocycles. The number of benzene rings is 1. The number of carbonyl (C=O) groups excluding carboxylic acids is 1. The van der Waals surface area contributed by atoms with Gasteiger partial charge in [0.05, 0.1) is 0 Å². The van der Waals surface area contributed by atoms with Crippen LogP contribution in [0.3, 0.4) is 0 Å². The maximum Gasteiger partial charge on any atom is 0.253 e. The monoisotopic (exact) mass is 232 g/mol. The fourth-order valence-electron chi connectivity index (χ4n) is 2.31. The van der Waals surface area contributed by atoms with Gasteiger partial charge in [0.15, 0.2) is 0 Å². The lowest BCUT2D eigenvalue weighted by atomic mass is 10.1. The quantitative estimate of drug-likeness (QED) is 0.868. The second kappa shape index (κ2) is 5.21. The topological polar surface area (TPSA) is 32.3 Å². The first-order chi connectivity index (χ1) is 8.24. The minimum atomic E-state index is 0.170. The van der Waals surface area contributed by atoms with E-state index in [2.05, 4.69) is 12.2 Å². The standard InChI is InChI=1S/C14H20N2O/c1-3-11-8-9-16(10-11)14(17)12-4-6-13(15-2)7-5-12/h4-7,11,15H,3,8-10H2,1-2H3. The van der Waals surface area contributed by atoms with E-state index in [0.717, 1.165) is 30.8 Å². The summed E-state index contributed by atoms with van der Waals surface area (Å²) in [4.78, 5) is 14.2. The summed E-state index contributed by atoms with van der Waals surface area (Å²) in [5, 5.41) is 3.05. The Balaban J connectivity index is 2.04. The Bertz CT molecular complexity index is 386. The van der Waals surface area contributed by atoms with E-state index in [1.807, 2.05) is 36.2 Å². The number of rotatable bonds is 3. The zero-order valence-corrected chi connectivity index (χ0v) is 10.6. The predicted octanol–water partition coefficient (Wildman–Crippen LogP) is 2.60. The van der Waals surface area contributed by atoms with Crippen molar-refractivity contribution in [1.29, 1.82) is 0 Å². The summed E-state index contributed by atoms with van der Waals surface area (Å²) < 4.78 is 0. The lowest BCUT2D eigenvalue weighted by Crippen LogP contribution is -2.28. The summed E-state index contributed by atoms with van der Waals surface area (Å²) in [7, 11) is 1.88. The van der Waals surface area contributed by atoms with E-state index in [0.29, 0.717) is 5.92 Å². The fraction of sp³-hybridized carbons (Fsp3) is 0.500. The van der Waals surface area contributed by atoms with Crippen molar-refractivity contribution in [3.05, 3.63) is 29.8 Å². The van der Waals surface area contributed by atoms with Crippen LogP contribution in [0.25, 0.3) is 0 Å². The number of hydrogen-bond acceptors (Lipinski definition) is 2. The number of nitrogens with zero attached hydrogens (tertiary/aromatic N) is 1. The minimum Gasteiger partial charge on any atom is -0.388 e. The number of likely N-dealkylation sites (tertiary alicyclic amines) is 1. The molecule has 92 valence electrons. The molecule has 1 aliphatic rings. The van der Waals surface area contributed by atoms with Gasteiger partial charge in [-0.15, -0.1) is 0 Å². The molecule has 1 heterocycles. The summed E-state index contributed by atoms with van der Waals surface area (Å²) >= 11 is 0. The number of carbonyl (C=O) groups is 1. The van der Waals surface area contributed by atoms with E-state index in [-0.39, 0.29) is 5.91 Å². The first-order valence-corrected chi connectivity index (χ1v) is 6.31. The maximum atomic E-state index is 12.2. The molecule has 1 amide bonds. The van der Waals surface area contributed by atoms with E-state index in [1.165, 1.54) is 6.42 Å². The van der Waals surface area contributed by atoms with Crippen molar-refractivity contribution in [3.8, 4) is 0 Å². The van der Waals surface area contributed by atoms with Crippen LogP contribution in [0.2, 0.25) is 0 Å². The first-order valence-electron chi connectivity index (χ1n) is 6.31. The highest BCUT2D eigenvalue weighted by atomic mass is 16.2. The van der Waals surface area contributed by atoms with E-state index >= 15 is 0 Å². The second-order valence-corrected chi connectivity index (χ2v) is 4.64. The zero-order chi connectivity index (χ0) is 12.3. The van der Waals surface area contributed by atoms with Crippen molar-refractivity contribution in [2.75, 3.05) is 25.5 Å². The van der Waals surface area contributed by atoms with Gasteiger partial charge >= 0.3 is 0 Å². The summed E-state index contributed by atoms with van der Waals surface area (Å²) in [5.74, 6) is 0.860. The summed E-state index contributed by atoms with van der Waals surface area (Å²) in [5.41, 5.74) is 1.83. The molecule has 2 rings (SSSR count). The molecule has 0 bridgehead atoms. The molecule has 0 spiro atoms. The van der Waals surface area contributed by atoms with Crippen molar-refractivity contribution in [1.82, 2.24) is 4.90 Å². The van der Waals surface area contributed by atoms with Gasteiger partial charge in [-0.1, -0.05) is 13.3 Å². The Morgan fingerprint density at radius 2 is 2.12 bits per heavy atom. The summed E-state index contributed by atoms with van der Waals surface area (Å²) in [6.45, 7) is 4.02. The number of nitrogens with one attached hydrogen (secondary N) is 1. The highest BCUT2D eigenvalue weighted by molar-refractivity contribution is 5.94.